The highest BCUT2D eigenvalue weighted by Crippen LogP contribution is 2.18. The molecule has 1 fully saturated rings. The van der Waals surface area contributed by atoms with Gasteiger partial charge in [0.25, 0.3) is 5.91 Å². The minimum atomic E-state index is -0.197. The first-order valence-electron chi connectivity index (χ1n) is 8.76. The molecule has 0 saturated carbocycles. The maximum Gasteiger partial charge on any atom is 0.251 e. The first kappa shape index (κ1) is 17.8. The Morgan fingerprint density at radius 3 is 3.19 bits per heavy atom. The first-order chi connectivity index (χ1) is 13.3. The van der Waals surface area contributed by atoms with E-state index in [0.717, 1.165) is 17.1 Å². The summed E-state index contributed by atoms with van der Waals surface area (Å²) in [6.07, 6.45) is 3.96. The summed E-state index contributed by atoms with van der Waals surface area (Å²) in [6, 6.07) is 7.30. The van der Waals surface area contributed by atoms with Crippen LogP contribution >= 0.6 is 11.3 Å². The quantitative estimate of drug-likeness (QED) is 0.682. The minimum absolute atomic E-state index is 0.0999. The molecular weight excluding hydrogens is 364 g/mol. The number of nitrogens with zero attached hydrogens (tertiary/aromatic N) is 2. The second-order valence-electron chi connectivity index (χ2n) is 6.29. The maximum atomic E-state index is 12.8. The summed E-state index contributed by atoms with van der Waals surface area (Å²) < 4.78 is 11.5. The number of carbonyl (C=O) groups excluding carboxylic acids is 1. The van der Waals surface area contributed by atoms with E-state index < -0.39 is 0 Å². The third-order valence-corrected chi connectivity index (χ3v) is 5.08. The standard InChI is InChI=1S/C19H20N4O3S/c24-19(14-3-1-2-13(8-14)18-20-5-6-21-18)23-16-4-7-25-10-17(16)26-9-15-11-27-12-22-15/h1-3,5-6,8,11-12,16-17H,4,7,9-10H2,(H,20,21)(H,23,24)/t16-,17-/m1/s1. The number of amides is 1. The van der Waals surface area contributed by atoms with Crippen LogP contribution in [-0.2, 0) is 16.1 Å². The molecule has 1 saturated heterocycles. The van der Waals surface area contributed by atoms with E-state index in [1.807, 2.05) is 23.6 Å². The molecule has 4 rings (SSSR count). The molecule has 2 aromatic heterocycles. The molecule has 0 aliphatic carbocycles. The first-order valence-corrected chi connectivity index (χ1v) is 9.71. The Balaban J connectivity index is 1.42. The molecular formula is C19H20N4O3S. The number of rotatable bonds is 6. The van der Waals surface area contributed by atoms with Crippen LogP contribution in [0.5, 0.6) is 0 Å². The Kier molecular flexibility index (Phi) is 5.57. The van der Waals surface area contributed by atoms with Crippen LogP contribution in [0.3, 0.4) is 0 Å². The lowest BCUT2D eigenvalue weighted by Crippen LogP contribution is -2.49. The van der Waals surface area contributed by atoms with Crippen molar-refractivity contribution in [3.8, 4) is 11.4 Å². The Labute approximate surface area is 160 Å². The van der Waals surface area contributed by atoms with E-state index in [-0.39, 0.29) is 18.1 Å². The van der Waals surface area contributed by atoms with Gasteiger partial charge in [-0.25, -0.2) is 9.97 Å². The van der Waals surface area contributed by atoms with Crippen LogP contribution in [0.1, 0.15) is 22.5 Å². The van der Waals surface area contributed by atoms with Crippen molar-refractivity contribution in [1.29, 1.82) is 0 Å². The second kappa shape index (κ2) is 8.43. The number of imidazole rings is 1. The predicted octanol–water partition coefficient (Wildman–Crippen LogP) is 2.64. The zero-order valence-electron chi connectivity index (χ0n) is 14.6. The van der Waals surface area contributed by atoms with Gasteiger partial charge >= 0.3 is 0 Å². The van der Waals surface area contributed by atoms with Crippen LogP contribution in [0.4, 0.5) is 0 Å². The Bertz CT molecular complexity index is 867. The molecule has 0 bridgehead atoms. The lowest BCUT2D eigenvalue weighted by Gasteiger charge is -2.32. The number of benzene rings is 1. The van der Waals surface area contributed by atoms with Crippen molar-refractivity contribution in [3.05, 3.63) is 58.8 Å². The van der Waals surface area contributed by atoms with Gasteiger partial charge in [0.2, 0.25) is 0 Å². The molecule has 1 aromatic carbocycles. The normalized spacial score (nSPS) is 19.7. The van der Waals surface area contributed by atoms with Crippen molar-refractivity contribution in [2.45, 2.75) is 25.2 Å². The third kappa shape index (κ3) is 4.41. The molecule has 1 aliphatic rings. The summed E-state index contributed by atoms with van der Waals surface area (Å²) in [5.41, 5.74) is 4.13. The van der Waals surface area contributed by atoms with Gasteiger partial charge in [-0.15, -0.1) is 11.3 Å². The Hall–Kier alpha value is -2.55. The van der Waals surface area contributed by atoms with Gasteiger partial charge in [-0.1, -0.05) is 12.1 Å². The average Bonchev–Trinajstić information content (AvgIpc) is 3.41. The molecule has 2 N–H and O–H groups in total. The molecule has 3 aromatic rings. The summed E-state index contributed by atoms with van der Waals surface area (Å²) in [7, 11) is 0. The molecule has 0 spiro atoms. The molecule has 1 amide bonds. The molecule has 8 heteroatoms. The maximum absolute atomic E-state index is 12.8. The van der Waals surface area contributed by atoms with Crippen molar-refractivity contribution in [3.63, 3.8) is 0 Å². The van der Waals surface area contributed by atoms with Gasteiger partial charge in [0.15, 0.2) is 0 Å². The lowest BCUT2D eigenvalue weighted by molar-refractivity contribution is -0.0742. The van der Waals surface area contributed by atoms with Crippen molar-refractivity contribution >= 4 is 17.2 Å². The molecule has 1 aliphatic heterocycles. The summed E-state index contributed by atoms with van der Waals surface area (Å²) in [4.78, 5) is 24.3. The van der Waals surface area contributed by atoms with Crippen molar-refractivity contribution in [2.24, 2.45) is 0 Å². The Morgan fingerprint density at radius 1 is 1.41 bits per heavy atom. The minimum Gasteiger partial charge on any atom is -0.379 e. The molecule has 140 valence electrons. The van der Waals surface area contributed by atoms with Gasteiger partial charge in [0.05, 0.1) is 30.5 Å². The van der Waals surface area contributed by atoms with Crippen LogP contribution in [0.25, 0.3) is 11.4 Å². The summed E-state index contributed by atoms with van der Waals surface area (Å²) in [5, 5.41) is 5.05. The fourth-order valence-electron chi connectivity index (χ4n) is 3.03. The van der Waals surface area contributed by atoms with Gasteiger partial charge in [-0.2, -0.15) is 0 Å². The average molecular weight is 384 g/mol. The van der Waals surface area contributed by atoms with Crippen LogP contribution < -0.4 is 5.32 Å². The SMILES string of the molecule is O=C(N[C@@H]1CCOC[C@H]1OCc1cscn1)c1cccc(-c2ncc[nH]2)c1. The number of aromatic amines is 1. The number of hydrogen-bond acceptors (Lipinski definition) is 6. The van der Waals surface area contributed by atoms with Gasteiger partial charge in [-0.05, 0) is 18.6 Å². The summed E-state index contributed by atoms with van der Waals surface area (Å²) in [6.45, 7) is 1.48. The number of nitrogens with one attached hydrogen (secondary N) is 2. The molecule has 27 heavy (non-hydrogen) atoms. The van der Waals surface area contributed by atoms with Gasteiger partial charge in [0, 0.05) is 35.5 Å². The number of thiazole rings is 1. The van der Waals surface area contributed by atoms with E-state index in [1.54, 1.807) is 24.0 Å². The smallest absolute Gasteiger partial charge is 0.251 e. The highest BCUT2D eigenvalue weighted by Gasteiger charge is 2.28. The van der Waals surface area contributed by atoms with Gasteiger partial charge < -0.3 is 19.8 Å². The van der Waals surface area contributed by atoms with Gasteiger partial charge in [-0.3, -0.25) is 4.79 Å². The number of aromatic nitrogens is 3. The lowest BCUT2D eigenvalue weighted by atomic mass is 10.0. The number of carbonyl (C=O) groups is 1. The molecule has 7 nitrogen and oxygen atoms in total. The van der Waals surface area contributed by atoms with E-state index in [4.69, 9.17) is 9.47 Å². The summed E-state index contributed by atoms with van der Waals surface area (Å²) >= 11 is 1.54. The van der Waals surface area contributed by atoms with Crippen LogP contribution in [-0.4, -0.2) is 46.2 Å². The van der Waals surface area contributed by atoms with E-state index in [9.17, 15) is 4.79 Å². The molecule has 0 radical (unpaired) electrons. The molecule has 0 unspecified atom stereocenters. The van der Waals surface area contributed by atoms with Crippen molar-refractivity contribution in [1.82, 2.24) is 20.3 Å². The zero-order valence-corrected chi connectivity index (χ0v) is 15.4. The summed E-state index contributed by atoms with van der Waals surface area (Å²) in [5.74, 6) is 0.609. The largest absolute Gasteiger partial charge is 0.379 e. The number of hydrogen-bond donors (Lipinski definition) is 2. The van der Waals surface area contributed by atoms with E-state index in [2.05, 4.69) is 20.3 Å². The van der Waals surface area contributed by atoms with Crippen molar-refractivity contribution in [2.75, 3.05) is 13.2 Å². The third-order valence-electron chi connectivity index (χ3n) is 4.45. The number of ether oxygens (including phenoxy) is 2. The van der Waals surface area contributed by atoms with Crippen LogP contribution in [0.2, 0.25) is 0 Å². The number of H-pyrrole nitrogens is 1. The topological polar surface area (TPSA) is 89.1 Å². The molecule has 3 heterocycles. The second-order valence-corrected chi connectivity index (χ2v) is 7.01. The van der Waals surface area contributed by atoms with Gasteiger partial charge in [0.1, 0.15) is 11.9 Å². The molecule has 2 atom stereocenters. The van der Waals surface area contributed by atoms with Crippen LogP contribution in [0, 0.1) is 0 Å². The monoisotopic (exact) mass is 384 g/mol. The van der Waals surface area contributed by atoms with Crippen molar-refractivity contribution < 1.29 is 14.3 Å². The zero-order chi connectivity index (χ0) is 18.5. The fraction of sp³-hybridized carbons (Fsp3) is 0.316. The fourth-order valence-corrected chi connectivity index (χ4v) is 3.57. The Morgan fingerprint density at radius 2 is 2.37 bits per heavy atom. The van der Waals surface area contributed by atoms with E-state index >= 15 is 0 Å². The highest BCUT2D eigenvalue weighted by atomic mass is 32.1. The van der Waals surface area contributed by atoms with E-state index in [0.29, 0.717) is 31.8 Å². The highest BCUT2D eigenvalue weighted by molar-refractivity contribution is 7.07. The van der Waals surface area contributed by atoms with Crippen LogP contribution in [0.15, 0.2) is 47.5 Å². The predicted molar refractivity (Wildman–Crippen MR) is 101 cm³/mol. The van der Waals surface area contributed by atoms with E-state index in [1.165, 1.54) is 11.3 Å².